The predicted octanol–water partition coefficient (Wildman–Crippen LogP) is 1.97. The van der Waals surface area contributed by atoms with E-state index in [9.17, 15) is 0 Å². The van der Waals surface area contributed by atoms with E-state index < -0.39 is 11.9 Å². The quantitative estimate of drug-likeness (QED) is 0.842. The van der Waals surface area contributed by atoms with E-state index >= 15 is 0 Å². The Labute approximate surface area is 127 Å². The van der Waals surface area contributed by atoms with E-state index in [2.05, 4.69) is 26.8 Å². The Balaban J connectivity index is 0.000000346. The van der Waals surface area contributed by atoms with Crippen molar-refractivity contribution in [1.29, 1.82) is 0 Å². The van der Waals surface area contributed by atoms with Gasteiger partial charge >= 0.3 is 11.9 Å². The number of hydrogen-bond acceptors (Lipinski definition) is 4. The second kappa shape index (κ2) is 8.25. The minimum absolute atomic E-state index is 1.11. The van der Waals surface area contributed by atoms with Gasteiger partial charge in [-0.1, -0.05) is 6.08 Å². The van der Waals surface area contributed by atoms with Crippen molar-refractivity contribution < 1.29 is 19.8 Å². The Morgan fingerprint density at radius 2 is 1.77 bits per heavy atom. The third-order valence-electron chi connectivity index (χ3n) is 2.64. The van der Waals surface area contributed by atoms with Gasteiger partial charge in [-0.05, 0) is 37.3 Å². The monoisotopic (exact) mass is 303 g/mol. The number of pyridine rings is 1. The fourth-order valence-electron chi connectivity index (χ4n) is 1.65. The van der Waals surface area contributed by atoms with Crippen LogP contribution in [0.5, 0.6) is 0 Å². The molecule has 0 saturated carbocycles. The summed E-state index contributed by atoms with van der Waals surface area (Å²) in [7, 11) is 2.03. The number of carboxylic acid groups (broad SMARTS) is 2. The Morgan fingerprint density at radius 3 is 2.27 bits per heavy atom. The fourth-order valence-corrected chi connectivity index (χ4v) is 1.65. The summed E-state index contributed by atoms with van der Waals surface area (Å²) in [6, 6.07) is 8.09. The van der Waals surface area contributed by atoms with Crippen LogP contribution < -0.4 is 5.01 Å². The van der Waals surface area contributed by atoms with Gasteiger partial charge in [0.2, 0.25) is 0 Å². The molecule has 7 heteroatoms. The lowest BCUT2D eigenvalue weighted by Crippen LogP contribution is -2.24. The molecule has 2 N–H and O–H groups in total. The second-order valence-corrected chi connectivity index (χ2v) is 4.12. The zero-order chi connectivity index (χ0) is 16.5. The molecule has 0 unspecified atom stereocenters. The average Bonchev–Trinajstić information content (AvgIpc) is 2.96. The molecule has 0 radical (unpaired) electrons. The number of hydrogen-bond donors (Lipinski definition) is 2. The van der Waals surface area contributed by atoms with Crippen LogP contribution in [0.3, 0.4) is 0 Å². The molecule has 2 aromatic heterocycles. The summed E-state index contributed by atoms with van der Waals surface area (Å²) < 4.78 is 2.09. The highest BCUT2D eigenvalue weighted by Gasteiger charge is 2.04. The van der Waals surface area contributed by atoms with Crippen molar-refractivity contribution in [3.05, 3.63) is 54.6 Å². The normalized spacial score (nSPS) is 9.91. The first-order chi connectivity index (χ1) is 10.5. The number of aromatic nitrogens is 2. The van der Waals surface area contributed by atoms with E-state index in [0.29, 0.717) is 0 Å². The molecule has 0 aliphatic rings. The average molecular weight is 303 g/mol. The molecule has 116 valence electrons. The van der Waals surface area contributed by atoms with Crippen LogP contribution in [0.4, 0.5) is 5.69 Å². The van der Waals surface area contributed by atoms with E-state index in [0.717, 1.165) is 11.4 Å². The molecular weight excluding hydrogens is 286 g/mol. The van der Waals surface area contributed by atoms with Crippen molar-refractivity contribution in [3.8, 4) is 0 Å². The highest BCUT2D eigenvalue weighted by molar-refractivity contribution is 6.27. The number of carbonyl (C=O) groups is 2. The number of carboxylic acids is 2. The summed E-state index contributed by atoms with van der Waals surface area (Å²) in [4.78, 5) is 22.2. The van der Waals surface area contributed by atoms with Crippen LogP contribution >= 0.6 is 0 Å². The lowest BCUT2D eigenvalue weighted by Gasteiger charge is -2.22. The molecule has 0 aliphatic carbocycles. The van der Waals surface area contributed by atoms with Crippen LogP contribution in [0, 0.1) is 0 Å². The van der Waals surface area contributed by atoms with Gasteiger partial charge < -0.3 is 10.2 Å². The van der Waals surface area contributed by atoms with Gasteiger partial charge in [0.15, 0.2) is 0 Å². The molecule has 2 rings (SSSR count). The zero-order valence-corrected chi connectivity index (χ0v) is 12.2. The van der Waals surface area contributed by atoms with Crippen LogP contribution in [-0.2, 0) is 9.59 Å². The molecule has 2 aromatic rings. The molecule has 0 spiro atoms. The van der Waals surface area contributed by atoms with Gasteiger partial charge in [-0.3, -0.25) is 14.7 Å². The predicted molar refractivity (Wildman–Crippen MR) is 82.4 cm³/mol. The van der Waals surface area contributed by atoms with E-state index in [1.807, 2.05) is 44.4 Å². The Morgan fingerprint density at radius 1 is 1.18 bits per heavy atom. The SMILES string of the molecule is C/C=C\c1cccn1N(C)c1ccncc1.O=C(O)C(=O)O. The van der Waals surface area contributed by atoms with Gasteiger partial charge in [0.1, 0.15) is 0 Å². The van der Waals surface area contributed by atoms with Crippen LogP contribution in [0.15, 0.2) is 48.9 Å². The van der Waals surface area contributed by atoms with Crippen molar-refractivity contribution in [2.75, 3.05) is 12.1 Å². The molecule has 0 aliphatic heterocycles. The molecule has 0 fully saturated rings. The number of nitrogens with zero attached hydrogens (tertiary/aromatic N) is 3. The summed E-state index contributed by atoms with van der Waals surface area (Å²) in [6.45, 7) is 2.02. The maximum atomic E-state index is 9.10. The van der Waals surface area contributed by atoms with E-state index in [-0.39, 0.29) is 0 Å². The topological polar surface area (TPSA) is 95.7 Å². The minimum atomic E-state index is -1.82. The van der Waals surface area contributed by atoms with Crippen LogP contribution in [0.25, 0.3) is 6.08 Å². The fraction of sp³-hybridized carbons (Fsp3) is 0.133. The number of rotatable bonds is 3. The lowest BCUT2D eigenvalue weighted by molar-refractivity contribution is -0.159. The zero-order valence-electron chi connectivity index (χ0n) is 12.2. The molecular formula is C15H17N3O4. The van der Waals surface area contributed by atoms with Crippen LogP contribution in [0.2, 0.25) is 0 Å². The summed E-state index contributed by atoms with van der Waals surface area (Å²) in [5.41, 5.74) is 2.26. The van der Waals surface area contributed by atoms with Gasteiger partial charge in [0.05, 0.1) is 11.4 Å². The Kier molecular flexibility index (Phi) is 6.36. The highest BCUT2D eigenvalue weighted by atomic mass is 16.4. The maximum absolute atomic E-state index is 9.10. The van der Waals surface area contributed by atoms with Gasteiger partial charge in [-0.2, -0.15) is 0 Å². The maximum Gasteiger partial charge on any atom is 0.414 e. The summed E-state index contributed by atoms with van der Waals surface area (Å²) in [5.74, 6) is -3.65. The van der Waals surface area contributed by atoms with E-state index in [1.54, 1.807) is 12.4 Å². The first kappa shape index (κ1) is 17.0. The van der Waals surface area contributed by atoms with Gasteiger partial charge in [0.25, 0.3) is 0 Å². The standard InChI is InChI=1S/C13H15N3.C2H2O4/c1-3-5-13-6-4-11-16(13)15(2)12-7-9-14-10-8-12;3-1(4)2(5)6/h3-11H,1-2H3;(H,3,4)(H,5,6)/b5-3-;. The molecule has 0 aromatic carbocycles. The molecule has 22 heavy (non-hydrogen) atoms. The van der Waals surface area contributed by atoms with E-state index in [4.69, 9.17) is 19.8 Å². The summed E-state index contributed by atoms with van der Waals surface area (Å²) in [6.07, 6.45) is 9.75. The molecule has 0 bridgehead atoms. The van der Waals surface area contributed by atoms with Gasteiger partial charge in [0, 0.05) is 25.6 Å². The summed E-state index contributed by atoms with van der Waals surface area (Å²) >= 11 is 0. The smallest absolute Gasteiger partial charge is 0.414 e. The van der Waals surface area contributed by atoms with Crippen molar-refractivity contribution in [3.63, 3.8) is 0 Å². The third kappa shape index (κ3) is 4.78. The molecule has 0 atom stereocenters. The number of allylic oxidation sites excluding steroid dienone is 1. The number of aliphatic carboxylic acids is 2. The van der Waals surface area contributed by atoms with Crippen molar-refractivity contribution >= 4 is 23.7 Å². The Bertz CT molecular complexity index is 638. The van der Waals surface area contributed by atoms with Crippen molar-refractivity contribution in [1.82, 2.24) is 9.66 Å². The lowest BCUT2D eigenvalue weighted by atomic mass is 10.4. The molecule has 7 nitrogen and oxygen atoms in total. The van der Waals surface area contributed by atoms with Gasteiger partial charge in [-0.15, -0.1) is 0 Å². The molecule has 2 heterocycles. The van der Waals surface area contributed by atoms with E-state index in [1.165, 1.54) is 0 Å². The largest absolute Gasteiger partial charge is 0.473 e. The van der Waals surface area contributed by atoms with Crippen molar-refractivity contribution in [2.24, 2.45) is 0 Å². The van der Waals surface area contributed by atoms with Gasteiger partial charge in [-0.25, -0.2) is 9.59 Å². The third-order valence-corrected chi connectivity index (χ3v) is 2.64. The number of anilines is 1. The molecule has 0 amide bonds. The first-order valence-corrected chi connectivity index (χ1v) is 6.37. The first-order valence-electron chi connectivity index (χ1n) is 6.37. The molecule has 0 saturated heterocycles. The Hall–Kier alpha value is -3.09. The van der Waals surface area contributed by atoms with Crippen LogP contribution in [-0.4, -0.2) is 38.9 Å². The minimum Gasteiger partial charge on any atom is -0.473 e. The second-order valence-electron chi connectivity index (χ2n) is 4.12. The summed E-state index contributed by atoms with van der Waals surface area (Å²) in [5, 5.41) is 16.9. The van der Waals surface area contributed by atoms with Crippen molar-refractivity contribution in [2.45, 2.75) is 6.92 Å². The highest BCUT2D eigenvalue weighted by Crippen LogP contribution is 2.14. The van der Waals surface area contributed by atoms with Crippen LogP contribution in [0.1, 0.15) is 12.6 Å².